The summed E-state index contributed by atoms with van der Waals surface area (Å²) in [5, 5.41) is 0. The van der Waals surface area contributed by atoms with E-state index < -0.39 is 9.84 Å². The summed E-state index contributed by atoms with van der Waals surface area (Å²) < 4.78 is 28.9. The van der Waals surface area contributed by atoms with Crippen LogP contribution in [0, 0.1) is 5.92 Å². The number of nitrogens with zero attached hydrogens (tertiary/aromatic N) is 2. The molecule has 4 rings (SSSR count). The summed E-state index contributed by atoms with van der Waals surface area (Å²) in [6.45, 7) is 0.748. The van der Waals surface area contributed by atoms with E-state index in [0.29, 0.717) is 25.3 Å². The number of hydrogen-bond donors (Lipinski definition) is 0. The fourth-order valence-corrected chi connectivity index (χ4v) is 5.61. The summed E-state index contributed by atoms with van der Waals surface area (Å²) in [6.07, 6.45) is 4.13. The fourth-order valence-electron chi connectivity index (χ4n) is 3.90. The van der Waals surface area contributed by atoms with Crippen LogP contribution in [0.1, 0.15) is 31.4 Å². The van der Waals surface area contributed by atoms with E-state index >= 15 is 0 Å². The number of rotatable bonds is 5. The number of furan rings is 1. The van der Waals surface area contributed by atoms with Gasteiger partial charge in [0, 0.05) is 25.0 Å². The van der Waals surface area contributed by atoms with Crippen LogP contribution in [-0.2, 0) is 26.0 Å². The standard InChI is InChI=1S/C17H22N2O5S/c20-16-8-12(9-18(16)10-15-2-1-6-24-15)17(21)19(13-3-4-13)14-5-7-25(22,23)11-14/h1-2,6,12-14H,3-5,7-11H2. The molecule has 2 saturated heterocycles. The Morgan fingerprint density at radius 3 is 2.68 bits per heavy atom. The molecule has 136 valence electrons. The van der Waals surface area contributed by atoms with Gasteiger partial charge in [-0.3, -0.25) is 9.59 Å². The number of likely N-dealkylation sites (tertiary alicyclic amines) is 1. The molecule has 0 N–H and O–H groups in total. The molecule has 0 aromatic carbocycles. The Labute approximate surface area is 146 Å². The highest BCUT2D eigenvalue weighted by Gasteiger charge is 2.46. The van der Waals surface area contributed by atoms with Gasteiger partial charge >= 0.3 is 0 Å². The van der Waals surface area contributed by atoms with Crippen molar-refractivity contribution in [2.75, 3.05) is 18.1 Å². The Kier molecular flexibility index (Phi) is 4.10. The summed E-state index contributed by atoms with van der Waals surface area (Å²) in [7, 11) is -3.04. The molecule has 2 atom stereocenters. The minimum atomic E-state index is -3.04. The smallest absolute Gasteiger partial charge is 0.228 e. The molecule has 3 fully saturated rings. The zero-order chi connectivity index (χ0) is 17.6. The normalized spacial score (nSPS) is 28.5. The molecule has 2 amide bonds. The highest BCUT2D eigenvalue weighted by Crippen LogP contribution is 2.35. The Morgan fingerprint density at radius 2 is 2.08 bits per heavy atom. The second kappa shape index (κ2) is 6.16. The lowest BCUT2D eigenvalue weighted by atomic mass is 10.0. The molecular formula is C17H22N2O5S. The van der Waals surface area contributed by atoms with Gasteiger partial charge in [0.05, 0.1) is 30.2 Å². The topological polar surface area (TPSA) is 87.9 Å². The highest BCUT2D eigenvalue weighted by atomic mass is 32.2. The second-order valence-corrected chi connectivity index (χ2v) is 9.52. The first-order valence-electron chi connectivity index (χ1n) is 8.76. The quantitative estimate of drug-likeness (QED) is 0.769. The van der Waals surface area contributed by atoms with E-state index in [2.05, 4.69) is 0 Å². The first-order valence-corrected chi connectivity index (χ1v) is 10.6. The van der Waals surface area contributed by atoms with Crippen molar-refractivity contribution in [3.8, 4) is 0 Å². The Morgan fingerprint density at radius 1 is 1.28 bits per heavy atom. The van der Waals surface area contributed by atoms with Gasteiger partial charge in [-0.25, -0.2) is 8.42 Å². The number of carbonyl (C=O) groups is 2. The fraction of sp³-hybridized carbons (Fsp3) is 0.647. The monoisotopic (exact) mass is 366 g/mol. The van der Waals surface area contributed by atoms with Crippen molar-refractivity contribution in [3.63, 3.8) is 0 Å². The summed E-state index contributed by atoms with van der Waals surface area (Å²) in [4.78, 5) is 28.8. The molecule has 3 heterocycles. The van der Waals surface area contributed by atoms with E-state index in [9.17, 15) is 18.0 Å². The molecule has 2 unspecified atom stereocenters. The van der Waals surface area contributed by atoms with Crippen LogP contribution in [0.3, 0.4) is 0 Å². The van der Waals surface area contributed by atoms with Crippen molar-refractivity contribution in [2.45, 2.75) is 44.3 Å². The van der Waals surface area contributed by atoms with Gasteiger partial charge in [-0.15, -0.1) is 0 Å². The molecule has 0 radical (unpaired) electrons. The largest absolute Gasteiger partial charge is 0.467 e. The van der Waals surface area contributed by atoms with E-state index in [-0.39, 0.29) is 47.7 Å². The van der Waals surface area contributed by atoms with Gasteiger partial charge in [0.2, 0.25) is 11.8 Å². The molecule has 0 bridgehead atoms. The van der Waals surface area contributed by atoms with Gasteiger partial charge in [-0.2, -0.15) is 0 Å². The van der Waals surface area contributed by atoms with Crippen molar-refractivity contribution in [1.29, 1.82) is 0 Å². The molecule has 1 aliphatic carbocycles. The summed E-state index contributed by atoms with van der Waals surface area (Å²) in [6, 6.07) is 3.51. The van der Waals surface area contributed by atoms with E-state index in [4.69, 9.17) is 4.42 Å². The lowest BCUT2D eigenvalue weighted by Crippen LogP contribution is -2.46. The van der Waals surface area contributed by atoms with E-state index in [1.165, 1.54) is 0 Å². The van der Waals surface area contributed by atoms with Crippen LogP contribution < -0.4 is 0 Å². The van der Waals surface area contributed by atoms with Crippen LogP contribution >= 0.6 is 0 Å². The maximum absolute atomic E-state index is 13.0. The van der Waals surface area contributed by atoms with Crippen molar-refractivity contribution in [3.05, 3.63) is 24.2 Å². The zero-order valence-electron chi connectivity index (χ0n) is 14.0. The van der Waals surface area contributed by atoms with Gasteiger partial charge in [0.25, 0.3) is 0 Å². The van der Waals surface area contributed by atoms with E-state index in [1.807, 2.05) is 6.07 Å². The van der Waals surface area contributed by atoms with Crippen molar-refractivity contribution in [1.82, 2.24) is 9.80 Å². The molecule has 1 saturated carbocycles. The summed E-state index contributed by atoms with van der Waals surface area (Å²) in [5.41, 5.74) is 0. The molecule has 1 aromatic rings. The minimum Gasteiger partial charge on any atom is -0.467 e. The first-order chi connectivity index (χ1) is 11.9. The van der Waals surface area contributed by atoms with Gasteiger partial charge < -0.3 is 14.2 Å². The zero-order valence-corrected chi connectivity index (χ0v) is 14.8. The SMILES string of the molecule is O=C1CC(C(=O)N(C2CC2)C2CCS(=O)(=O)C2)CN1Cc1ccco1. The predicted molar refractivity (Wildman–Crippen MR) is 89.2 cm³/mol. The first kappa shape index (κ1) is 16.6. The number of amides is 2. The summed E-state index contributed by atoms with van der Waals surface area (Å²) in [5.74, 6) is 0.423. The highest BCUT2D eigenvalue weighted by molar-refractivity contribution is 7.91. The van der Waals surface area contributed by atoms with Gasteiger partial charge in [-0.1, -0.05) is 0 Å². The summed E-state index contributed by atoms with van der Waals surface area (Å²) >= 11 is 0. The maximum atomic E-state index is 13.0. The van der Waals surface area contributed by atoms with Crippen molar-refractivity contribution < 1.29 is 22.4 Å². The Bertz CT molecular complexity index is 769. The van der Waals surface area contributed by atoms with Crippen LogP contribution in [0.4, 0.5) is 0 Å². The van der Waals surface area contributed by atoms with Crippen LogP contribution in [0.15, 0.2) is 22.8 Å². The lowest BCUT2D eigenvalue weighted by Gasteiger charge is -2.30. The average Bonchev–Trinajstić information content (AvgIpc) is 2.95. The maximum Gasteiger partial charge on any atom is 0.228 e. The lowest BCUT2D eigenvalue weighted by molar-refractivity contribution is -0.138. The Balaban J connectivity index is 1.45. The molecule has 7 nitrogen and oxygen atoms in total. The Hall–Kier alpha value is -1.83. The molecule has 2 aliphatic heterocycles. The van der Waals surface area contributed by atoms with E-state index in [0.717, 1.165) is 12.8 Å². The van der Waals surface area contributed by atoms with Gasteiger partial charge in [0.15, 0.2) is 9.84 Å². The minimum absolute atomic E-state index is 0.0514. The van der Waals surface area contributed by atoms with Gasteiger partial charge in [0.1, 0.15) is 5.76 Å². The van der Waals surface area contributed by atoms with Crippen molar-refractivity contribution in [2.24, 2.45) is 5.92 Å². The molecular weight excluding hydrogens is 344 g/mol. The van der Waals surface area contributed by atoms with Gasteiger partial charge in [-0.05, 0) is 31.4 Å². The third-order valence-electron chi connectivity index (χ3n) is 5.29. The average molecular weight is 366 g/mol. The van der Waals surface area contributed by atoms with Crippen LogP contribution in [0.2, 0.25) is 0 Å². The number of hydrogen-bond acceptors (Lipinski definition) is 5. The third-order valence-corrected chi connectivity index (χ3v) is 7.04. The second-order valence-electron chi connectivity index (χ2n) is 7.29. The molecule has 25 heavy (non-hydrogen) atoms. The van der Waals surface area contributed by atoms with Crippen molar-refractivity contribution >= 4 is 21.7 Å². The predicted octanol–water partition coefficient (Wildman–Crippen LogP) is 0.806. The molecule has 0 spiro atoms. The number of sulfone groups is 1. The molecule has 1 aromatic heterocycles. The third kappa shape index (κ3) is 3.44. The molecule has 3 aliphatic rings. The van der Waals surface area contributed by atoms with Crippen LogP contribution in [0.25, 0.3) is 0 Å². The molecule has 8 heteroatoms. The van der Waals surface area contributed by atoms with E-state index in [1.54, 1.807) is 22.1 Å². The van der Waals surface area contributed by atoms with Crippen LogP contribution in [0.5, 0.6) is 0 Å². The number of carbonyl (C=O) groups excluding carboxylic acids is 2. The van der Waals surface area contributed by atoms with Crippen LogP contribution in [-0.4, -0.2) is 60.2 Å².